The third-order valence-corrected chi connectivity index (χ3v) is 5.30. The van der Waals surface area contributed by atoms with Crippen LogP contribution in [0.4, 0.5) is 5.13 Å². The second-order valence-electron chi connectivity index (χ2n) is 5.51. The van der Waals surface area contributed by atoms with Crippen molar-refractivity contribution in [3.8, 4) is 11.4 Å². The van der Waals surface area contributed by atoms with Crippen molar-refractivity contribution in [2.45, 2.75) is 20.0 Å². The Morgan fingerprint density at radius 1 is 1.52 bits per heavy atom. The molecule has 3 N–H and O–H groups in total. The first-order valence-electron chi connectivity index (χ1n) is 7.81. The lowest BCUT2D eigenvalue weighted by molar-refractivity contribution is 0.0999. The first-order valence-corrected chi connectivity index (χ1v) is 10.1. The van der Waals surface area contributed by atoms with Crippen molar-refractivity contribution in [2.24, 2.45) is 5.73 Å². The fourth-order valence-corrected chi connectivity index (χ4v) is 3.69. The highest BCUT2D eigenvalue weighted by Crippen LogP contribution is 2.29. The second-order valence-corrected chi connectivity index (χ2v) is 7.35. The number of anilines is 1. The van der Waals surface area contributed by atoms with Crippen molar-refractivity contribution < 1.29 is 9.21 Å². The zero-order valence-corrected chi connectivity index (χ0v) is 15.7. The number of thioether (sulfide) groups is 1. The highest BCUT2D eigenvalue weighted by Gasteiger charge is 2.18. The number of carbonyl (C=O) groups excluding carboxylic acids is 1. The number of hydrogen-bond acceptors (Lipinski definition) is 6. The molecule has 25 heavy (non-hydrogen) atoms. The summed E-state index contributed by atoms with van der Waals surface area (Å²) in [6.07, 6.45) is 3.71. The first kappa shape index (κ1) is 17.6. The van der Waals surface area contributed by atoms with E-state index in [2.05, 4.69) is 21.1 Å². The van der Waals surface area contributed by atoms with Gasteiger partial charge in [0.05, 0.1) is 29.8 Å². The maximum atomic E-state index is 11.7. The predicted molar refractivity (Wildman–Crippen MR) is 103 cm³/mol. The van der Waals surface area contributed by atoms with Crippen LogP contribution in [0.25, 0.3) is 11.4 Å². The van der Waals surface area contributed by atoms with Crippen LogP contribution in [0.5, 0.6) is 0 Å². The normalized spacial score (nSPS) is 11.0. The molecule has 0 aromatic carbocycles. The summed E-state index contributed by atoms with van der Waals surface area (Å²) >= 11 is 3.28. The van der Waals surface area contributed by atoms with Gasteiger partial charge in [0.1, 0.15) is 5.76 Å². The SMILES string of the molecule is CSCCn1c(-c2csc(NCc3ccco3)n2)cc(C(N)=O)c1C. The van der Waals surface area contributed by atoms with Gasteiger partial charge in [0.15, 0.2) is 5.13 Å². The van der Waals surface area contributed by atoms with E-state index in [1.807, 2.05) is 30.5 Å². The van der Waals surface area contributed by atoms with Crippen LogP contribution in [0.2, 0.25) is 0 Å². The standard InChI is InChI=1S/C17H20N4O2S2/c1-11-13(16(18)22)8-15(21(11)5-7-24-2)14-10-25-17(20-14)19-9-12-4-3-6-23-12/h3-4,6,8,10H,5,7,9H2,1-2H3,(H2,18,22)(H,19,20). The Bertz CT molecular complexity index is 852. The molecule has 0 saturated heterocycles. The van der Waals surface area contributed by atoms with Crippen LogP contribution >= 0.6 is 23.1 Å². The minimum absolute atomic E-state index is 0.409. The summed E-state index contributed by atoms with van der Waals surface area (Å²) in [5.41, 5.74) is 8.70. The average molecular weight is 377 g/mol. The number of primary amides is 1. The van der Waals surface area contributed by atoms with Crippen LogP contribution < -0.4 is 11.1 Å². The number of hydrogen-bond donors (Lipinski definition) is 2. The molecule has 3 rings (SSSR count). The maximum absolute atomic E-state index is 11.7. The molecule has 3 heterocycles. The van der Waals surface area contributed by atoms with Crippen LogP contribution in [0.15, 0.2) is 34.3 Å². The third-order valence-electron chi connectivity index (χ3n) is 3.91. The van der Waals surface area contributed by atoms with E-state index >= 15 is 0 Å². The predicted octanol–water partition coefficient (Wildman–Crippen LogP) is 3.59. The van der Waals surface area contributed by atoms with Crippen molar-refractivity contribution in [1.82, 2.24) is 9.55 Å². The molecule has 3 aromatic rings. The van der Waals surface area contributed by atoms with Gasteiger partial charge in [0.25, 0.3) is 5.91 Å². The van der Waals surface area contributed by atoms with Gasteiger partial charge in [0, 0.05) is 23.4 Å². The minimum atomic E-state index is -0.409. The van der Waals surface area contributed by atoms with Gasteiger partial charge in [-0.25, -0.2) is 4.98 Å². The number of nitrogens with two attached hydrogens (primary N) is 1. The summed E-state index contributed by atoms with van der Waals surface area (Å²) in [5.74, 6) is 1.40. The molecule has 1 amide bonds. The summed E-state index contributed by atoms with van der Waals surface area (Å²) in [7, 11) is 0. The Morgan fingerprint density at radius 2 is 2.36 bits per heavy atom. The van der Waals surface area contributed by atoms with E-state index in [1.54, 1.807) is 18.0 Å². The molecule has 3 aromatic heterocycles. The summed E-state index contributed by atoms with van der Waals surface area (Å²) in [4.78, 5) is 16.3. The smallest absolute Gasteiger partial charge is 0.250 e. The fourth-order valence-electron chi connectivity index (χ4n) is 2.63. The lowest BCUT2D eigenvalue weighted by Gasteiger charge is -2.09. The van der Waals surface area contributed by atoms with Crippen molar-refractivity contribution >= 4 is 34.1 Å². The van der Waals surface area contributed by atoms with Crippen LogP contribution in [-0.4, -0.2) is 27.5 Å². The number of aromatic nitrogens is 2. The van der Waals surface area contributed by atoms with E-state index in [-0.39, 0.29) is 0 Å². The van der Waals surface area contributed by atoms with E-state index < -0.39 is 5.91 Å². The lowest BCUT2D eigenvalue weighted by Crippen LogP contribution is -2.13. The molecule has 0 aliphatic rings. The Labute approximate surface area is 154 Å². The zero-order valence-electron chi connectivity index (χ0n) is 14.1. The highest BCUT2D eigenvalue weighted by molar-refractivity contribution is 7.98. The highest BCUT2D eigenvalue weighted by atomic mass is 32.2. The van der Waals surface area contributed by atoms with Gasteiger partial charge in [-0.3, -0.25) is 4.79 Å². The van der Waals surface area contributed by atoms with Crippen molar-refractivity contribution in [3.05, 3.63) is 46.9 Å². The minimum Gasteiger partial charge on any atom is -0.467 e. The van der Waals surface area contributed by atoms with Crippen molar-refractivity contribution in [1.29, 1.82) is 0 Å². The monoisotopic (exact) mass is 376 g/mol. The average Bonchev–Trinajstić information content (AvgIpc) is 3.31. The first-order chi connectivity index (χ1) is 12.1. The summed E-state index contributed by atoms with van der Waals surface area (Å²) < 4.78 is 7.43. The molecule has 132 valence electrons. The molecule has 8 heteroatoms. The lowest BCUT2D eigenvalue weighted by atomic mass is 10.2. The maximum Gasteiger partial charge on any atom is 0.250 e. The van der Waals surface area contributed by atoms with Gasteiger partial charge >= 0.3 is 0 Å². The van der Waals surface area contributed by atoms with E-state index in [9.17, 15) is 4.79 Å². The van der Waals surface area contributed by atoms with E-state index in [0.29, 0.717) is 12.1 Å². The molecule has 0 spiro atoms. The molecule has 0 radical (unpaired) electrons. The van der Waals surface area contributed by atoms with Gasteiger partial charge in [-0.2, -0.15) is 11.8 Å². The van der Waals surface area contributed by atoms with Crippen LogP contribution in [0.1, 0.15) is 21.8 Å². The molecule has 0 aliphatic carbocycles. The number of furan rings is 1. The molecule has 0 saturated carbocycles. The van der Waals surface area contributed by atoms with Gasteiger partial charge in [-0.1, -0.05) is 0 Å². The molecular weight excluding hydrogens is 356 g/mol. The van der Waals surface area contributed by atoms with Gasteiger partial charge in [0.2, 0.25) is 0 Å². The Hall–Kier alpha value is -2.19. The van der Waals surface area contributed by atoms with E-state index in [1.165, 1.54) is 11.3 Å². The number of amides is 1. The van der Waals surface area contributed by atoms with Gasteiger partial charge < -0.3 is 20.0 Å². The molecular formula is C17H20N4O2S2. The Kier molecular flexibility index (Phi) is 5.50. The van der Waals surface area contributed by atoms with Crippen LogP contribution in [0, 0.1) is 6.92 Å². The zero-order chi connectivity index (χ0) is 17.8. The molecule has 0 atom stereocenters. The quantitative estimate of drug-likeness (QED) is 0.627. The number of nitrogens with zero attached hydrogens (tertiary/aromatic N) is 2. The molecule has 0 unspecified atom stereocenters. The topological polar surface area (TPSA) is 86.1 Å². The molecule has 0 aliphatic heterocycles. The molecule has 0 bridgehead atoms. The molecule has 6 nitrogen and oxygen atoms in total. The Balaban J connectivity index is 1.85. The van der Waals surface area contributed by atoms with Crippen LogP contribution in [0.3, 0.4) is 0 Å². The van der Waals surface area contributed by atoms with Crippen molar-refractivity contribution in [2.75, 3.05) is 17.3 Å². The summed E-state index contributed by atoms with van der Waals surface area (Å²) in [5, 5.41) is 6.05. The van der Waals surface area contributed by atoms with Gasteiger partial charge in [-0.15, -0.1) is 11.3 Å². The largest absolute Gasteiger partial charge is 0.467 e. The summed E-state index contributed by atoms with van der Waals surface area (Å²) in [6.45, 7) is 3.31. The van der Waals surface area contributed by atoms with Crippen molar-refractivity contribution in [3.63, 3.8) is 0 Å². The Morgan fingerprint density at radius 3 is 3.04 bits per heavy atom. The second kappa shape index (κ2) is 7.79. The summed E-state index contributed by atoms with van der Waals surface area (Å²) in [6, 6.07) is 5.61. The number of carbonyl (C=O) groups is 1. The fraction of sp³-hybridized carbons (Fsp3) is 0.294. The van der Waals surface area contributed by atoms with E-state index in [0.717, 1.165) is 40.3 Å². The third kappa shape index (κ3) is 3.91. The number of rotatable bonds is 8. The van der Waals surface area contributed by atoms with Gasteiger partial charge in [-0.05, 0) is 31.4 Å². The number of thiazole rings is 1. The number of nitrogens with one attached hydrogen (secondary N) is 1. The molecule has 0 fully saturated rings. The van der Waals surface area contributed by atoms with E-state index in [4.69, 9.17) is 10.2 Å². The van der Waals surface area contributed by atoms with Crippen LogP contribution in [-0.2, 0) is 13.1 Å².